The minimum absolute atomic E-state index is 0. The third-order valence-electron chi connectivity index (χ3n) is 5.43. The number of aryl methyl sites for hydroxylation is 4. The summed E-state index contributed by atoms with van der Waals surface area (Å²) in [5, 5.41) is 10.9. The first-order valence-corrected chi connectivity index (χ1v) is 11.1. The van der Waals surface area contributed by atoms with Crippen LogP contribution in [0.5, 0.6) is 0 Å². The van der Waals surface area contributed by atoms with Gasteiger partial charge in [-0.3, -0.25) is 0 Å². The van der Waals surface area contributed by atoms with Gasteiger partial charge in [0.15, 0.2) is 0 Å². The van der Waals surface area contributed by atoms with Crippen LogP contribution in [0.1, 0.15) is 56.4 Å². The number of para-hydroxylation sites is 2. The summed E-state index contributed by atoms with van der Waals surface area (Å²) in [6, 6.07) is 13.3. The van der Waals surface area contributed by atoms with Crippen LogP contribution in [-0.4, -0.2) is 26.2 Å². The van der Waals surface area contributed by atoms with Gasteiger partial charge in [-0.1, -0.05) is 64.1 Å². The molecule has 0 heterocycles. The van der Waals surface area contributed by atoms with Crippen molar-refractivity contribution in [2.75, 3.05) is 36.8 Å². The number of hydrogen-bond donors (Lipinski definition) is 3. The van der Waals surface area contributed by atoms with Crippen LogP contribution in [0.15, 0.2) is 36.4 Å². The molecule has 3 nitrogen and oxygen atoms in total. The van der Waals surface area contributed by atoms with E-state index >= 15 is 0 Å². The second-order valence-electron chi connectivity index (χ2n) is 7.27. The van der Waals surface area contributed by atoms with Gasteiger partial charge in [-0.2, -0.15) is 0 Å². The van der Waals surface area contributed by atoms with E-state index in [1.165, 1.54) is 33.6 Å². The zero-order valence-corrected chi connectivity index (χ0v) is 22.0. The molecule has 31 heavy (non-hydrogen) atoms. The van der Waals surface area contributed by atoms with Crippen molar-refractivity contribution >= 4 is 11.4 Å². The fourth-order valence-electron chi connectivity index (χ4n) is 3.77. The summed E-state index contributed by atoms with van der Waals surface area (Å²) in [5.74, 6) is 0. The number of hydrogen-bond acceptors (Lipinski definition) is 3. The van der Waals surface area contributed by atoms with Crippen molar-refractivity contribution in [3.8, 4) is 0 Å². The van der Waals surface area contributed by atoms with E-state index in [9.17, 15) is 0 Å². The van der Waals surface area contributed by atoms with Crippen LogP contribution in [0.25, 0.3) is 0 Å². The van der Waals surface area contributed by atoms with Gasteiger partial charge in [-0.25, -0.2) is 0 Å². The molecule has 0 aliphatic heterocycles. The molecule has 177 valence electrons. The van der Waals surface area contributed by atoms with Crippen molar-refractivity contribution in [3.63, 3.8) is 0 Å². The summed E-state index contributed by atoms with van der Waals surface area (Å²) < 4.78 is 0. The average molecular weight is 511 g/mol. The second kappa shape index (κ2) is 18.6. The van der Waals surface area contributed by atoms with Crippen LogP contribution in [-0.2, 0) is 42.5 Å². The first-order valence-electron chi connectivity index (χ1n) is 11.1. The molecule has 6 heteroatoms. The van der Waals surface area contributed by atoms with Gasteiger partial charge in [0, 0.05) is 31.0 Å². The minimum Gasteiger partial charge on any atom is -1.00 e. The van der Waals surface area contributed by atoms with Crippen molar-refractivity contribution in [1.29, 1.82) is 0 Å². The second-order valence-corrected chi connectivity index (χ2v) is 7.27. The smallest absolute Gasteiger partial charge is 1.00 e. The Morgan fingerprint density at radius 2 is 0.935 bits per heavy atom. The summed E-state index contributed by atoms with van der Waals surface area (Å²) in [4.78, 5) is 0. The zero-order valence-electron chi connectivity index (χ0n) is 19.4. The monoisotopic (exact) mass is 510 g/mol. The Kier molecular flexibility index (Phi) is 19.4. The molecule has 0 amide bonds. The zero-order chi connectivity index (χ0) is 20.2. The van der Waals surface area contributed by atoms with E-state index < -0.39 is 0 Å². The Hall–Kier alpha value is -0.914. The normalized spacial score (nSPS) is 9.81. The fraction of sp³-hybridized carbons (Fsp3) is 0.520. The molecule has 1 radical (unpaired) electrons. The van der Waals surface area contributed by atoms with Crippen LogP contribution < -0.4 is 40.8 Å². The van der Waals surface area contributed by atoms with E-state index in [1.54, 1.807) is 0 Å². The maximum absolute atomic E-state index is 3.67. The van der Waals surface area contributed by atoms with Crippen LogP contribution >= 0.6 is 0 Å². The first-order chi connectivity index (χ1) is 13.7. The number of anilines is 2. The molecule has 0 saturated heterocycles. The van der Waals surface area contributed by atoms with Gasteiger partial charge < -0.3 is 40.8 Å². The average Bonchev–Trinajstić information content (AvgIpc) is 2.75. The molecule has 0 fully saturated rings. The summed E-state index contributed by atoms with van der Waals surface area (Å²) in [6.07, 6.45) is 5.45. The molecule has 2 aromatic carbocycles. The quantitative estimate of drug-likeness (QED) is 0.316. The molecule has 0 bridgehead atoms. The molecule has 0 spiro atoms. The number of benzene rings is 2. The third kappa shape index (κ3) is 10.0. The van der Waals surface area contributed by atoms with Gasteiger partial charge in [0.05, 0.1) is 0 Å². The predicted molar refractivity (Wildman–Crippen MR) is 125 cm³/mol. The molecule has 0 aliphatic rings. The van der Waals surface area contributed by atoms with Gasteiger partial charge in [0.1, 0.15) is 0 Å². The minimum atomic E-state index is 0. The van der Waals surface area contributed by atoms with E-state index in [-0.39, 0.29) is 41.6 Å². The Balaban J connectivity index is 0. The Morgan fingerprint density at radius 3 is 1.32 bits per heavy atom. The molecule has 3 N–H and O–H groups in total. The Morgan fingerprint density at radius 1 is 0.548 bits per heavy atom. The number of rotatable bonds is 13. The van der Waals surface area contributed by atoms with Crippen LogP contribution in [0.2, 0.25) is 0 Å². The van der Waals surface area contributed by atoms with Crippen molar-refractivity contribution in [2.24, 2.45) is 0 Å². The van der Waals surface area contributed by atoms with Gasteiger partial charge in [0.25, 0.3) is 0 Å². The van der Waals surface area contributed by atoms with Crippen molar-refractivity contribution in [3.05, 3.63) is 58.7 Å². The SMILES string of the molecule is CCc1cccc(CC)c1NCCCNCCNc1c(CC)cccc1CC.[Cl-].[Cl-].[Co+2]. The van der Waals surface area contributed by atoms with E-state index in [2.05, 4.69) is 80.0 Å². The predicted octanol–water partition coefficient (Wildman–Crippen LogP) is -0.555. The maximum atomic E-state index is 3.67. The molecule has 2 aromatic rings. The molecule has 0 atom stereocenters. The summed E-state index contributed by atoms with van der Waals surface area (Å²) in [6.45, 7) is 12.9. The summed E-state index contributed by atoms with van der Waals surface area (Å²) in [5.41, 5.74) is 8.40. The molecule has 0 saturated carbocycles. The molecular formula is C25H39Cl2CoN3. The van der Waals surface area contributed by atoms with Gasteiger partial charge in [-0.05, 0) is 60.9 Å². The van der Waals surface area contributed by atoms with Crippen molar-refractivity contribution in [1.82, 2.24) is 5.32 Å². The van der Waals surface area contributed by atoms with Crippen molar-refractivity contribution < 1.29 is 41.6 Å². The fourth-order valence-corrected chi connectivity index (χ4v) is 3.77. The Bertz CT molecular complexity index is 620. The van der Waals surface area contributed by atoms with E-state index in [1.807, 2.05) is 0 Å². The Labute approximate surface area is 213 Å². The van der Waals surface area contributed by atoms with E-state index in [0.717, 1.165) is 58.3 Å². The summed E-state index contributed by atoms with van der Waals surface area (Å²) >= 11 is 0. The van der Waals surface area contributed by atoms with Crippen LogP contribution in [0, 0.1) is 0 Å². The number of halogens is 2. The van der Waals surface area contributed by atoms with Crippen molar-refractivity contribution in [2.45, 2.75) is 59.8 Å². The maximum Gasteiger partial charge on any atom is 2.00 e. The molecular weight excluding hydrogens is 472 g/mol. The summed E-state index contributed by atoms with van der Waals surface area (Å²) in [7, 11) is 0. The van der Waals surface area contributed by atoms with Gasteiger partial charge >= 0.3 is 16.8 Å². The molecule has 0 aliphatic carbocycles. The van der Waals surface area contributed by atoms with E-state index in [0.29, 0.717) is 0 Å². The largest absolute Gasteiger partial charge is 2.00 e. The van der Waals surface area contributed by atoms with E-state index in [4.69, 9.17) is 0 Å². The molecule has 2 rings (SSSR count). The standard InChI is InChI=1S/C25H39N3.2ClH.Co/c1-5-20-12-9-13-21(6-2)24(20)27-17-11-16-26-18-19-28-25-22(7-3)14-10-15-23(25)8-4;;;/h9-10,12-15,26-28H,5-8,11,16-19H2,1-4H3;2*1H;/q;;;+2/p-2. The van der Waals surface area contributed by atoms with Crippen LogP contribution in [0.3, 0.4) is 0 Å². The number of nitrogens with one attached hydrogen (secondary N) is 3. The third-order valence-corrected chi connectivity index (χ3v) is 5.43. The molecule has 0 unspecified atom stereocenters. The van der Waals surface area contributed by atoms with Gasteiger partial charge in [0.2, 0.25) is 0 Å². The van der Waals surface area contributed by atoms with Crippen LogP contribution in [0.4, 0.5) is 11.4 Å². The molecule has 0 aromatic heterocycles. The topological polar surface area (TPSA) is 36.1 Å². The first kappa shape index (κ1) is 32.3. The van der Waals surface area contributed by atoms with Gasteiger partial charge in [-0.15, -0.1) is 0 Å².